The summed E-state index contributed by atoms with van der Waals surface area (Å²) in [5.74, 6) is 0.762. The van der Waals surface area contributed by atoms with Crippen LogP contribution >= 0.6 is 0 Å². The molecule has 0 aromatic carbocycles. The van der Waals surface area contributed by atoms with Gasteiger partial charge in [0.15, 0.2) is 5.78 Å². The van der Waals surface area contributed by atoms with Crippen molar-refractivity contribution >= 4 is 11.5 Å². The molecule has 1 aliphatic heterocycles. The van der Waals surface area contributed by atoms with Crippen LogP contribution in [0.15, 0.2) is 11.0 Å². The third kappa shape index (κ3) is 1.97. The molecule has 0 radical (unpaired) electrons. The Labute approximate surface area is 100 Å². The van der Waals surface area contributed by atoms with E-state index in [4.69, 9.17) is 0 Å². The van der Waals surface area contributed by atoms with Gasteiger partial charge in [-0.15, -0.1) is 0 Å². The number of hydrogen-bond acceptors (Lipinski definition) is 4. The van der Waals surface area contributed by atoms with Crippen LogP contribution in [0.1, 0.15) is 31.6 Å². The lowest BCUT2D eigenvalue weighted by Crippen LogP contribution is -2.37. The molecule has 0 saturated carbocycles. The summed E-state index contributed by atoms with van der Waals surface area (Å²) in [7, 11) is 3.61. The van der Waals surface area contributed by atoms with Gasteiger partial charge in [-0.3, -0.25) is 14.2 Å². The Balaban J connectivity index is 2.62. The van der Waals surface area contributed by atoms with E-state index >= 15 is 0 Å². The number of rotatable bonds is 2. The monoisotopic (exact) mass is 235 g/mol. The fourth-order valence-electron chi connectivity index (χ4n) is 2.27. The molecule has 1 unspecified atom stereocenters. The van der Waals surface area contributed by atoms with Gasteiger partial charge >= 0.3 is 0 Å². The maximum atomic E-state index is 12.3. The van der Waals surface area contributed by atoms with Crippen LogP contribution in [0.3, 0.4) is 0 Å². The van der Waals surface area contributed by atoms with Crippen molar-refractivity contribution < 1.29 is 4.79 Å². The Morgan fingerprint density at radius 3 is 2.82 bits per heavy atom. The zero-order valence-electron chi connectivity index (χ0n) is 10.4. The number of carbonyl (C=O) groups excluding carboxylic acids is 1. The number of Topliss-reactive ketones (excluding diaryl/α,β-unsaturated/α-hetero) is 1. The second-order valence-corrected chi connectivity index (χ2v) is 4.65. The fourth-order valence-corrected chi connectivity index (χ4v) is 2.27. The SMILES string of the molecule is CC(=O)C1CCCc2ncc(N(C)C)c(=O)n21. The molecular weight excluding hydrogens is 218 g/mol. The molecule has 1 aromatic heterocycles. The summed E-state index contributed by atoms with van der Waals surface area (Å²) in [4.78, 5) is 29.9. The van der Waals surface area contributed by atoms with Gasteiger partial charge in [0, 0.05) is 20.5 Å². The topological polar surface area (TPSA) is 55.2 Å². The third-order valence-corrected chi connectivity index (χ3v) is 3.19. The van der Waals surface area contributed by atoms with Crippen molar-refractivity contribution in [2.45, 2.75) is 32.2 Å². The highest BCUT2D eigenvalue weighted by atomic mass is 16.1. The van der Waals surface area contributed by atoms with Gasteiger partial charge in [0.25, 0.3) is 5.56 Å². The first-order valence-corrected chi connectivity index (χ1v) is 5.80. The van der Waals surface area contributed by atoms with Crippen molar-refractivity contribution in [2.75, 3.05) is 19.0 Å². The number of anilines is 1. The van der Waals surface area contributed by atoms with Gasteiger partial charge in [0.1, 0.15) is 11.5 Å². The number of carbonyl (C=O) groups is 1. The Morgan fingerprint density at radius 1 is 1.53 bits per heavy atom. The average molecular weight is 235 g/mol. The summed E-state index contributed by atoms with van der Waals surface area (Å²) in [5, 5.41) is 0. The van der Waals surface area contributed by atoms with Gasteiger partial charge in [-0.25, -0.2) is 4.98 Å². The van der Waals surface area contributed by atoms with E-state index < -0.39 is 0 Å². The van der Waals surface area contributed by atoms with Crippen LogP contribution in [0.4, 0.5) is 5.69 Å². The highest BCUT2D eigenvalue weighted by molar-refractivity contribution is 5.80. The molecule has 5 heteroatoms. The third-order valence-electron chi connectivity index (χ3n) is 3.19. The fraction of sp³-hybridized carbons (Fsp3) is 0.583. The van der Waals surface area contributed by atoms with Gasteiger partial charge in [-0.1, -0.05) is 0 Å². The molecule has 1 atom stereocenters. The second-order valence-electron chi connectivity index (χ2n) is 4.65. The van der Waals surface area contributed by atoms with E-state index in [1.165, 1.54) is 6.92 Å². The van der Waals surface area contributed by atoms with Gasteiger partial charge in [-0.05, 0) is 19.8 Å². The predicted molar refractivity (Wildman–Crippen MR) is 65.5 cm³/mol. The van der Waals surface area contributed by atoms with Gasteiger partial charge in [0.2, 0.25) is 0 Å². The highest BCUT2D eigenvalue weighted by Gasteiger charge is 2.26. The predicted octanol–water partition coefficient (Wildman–Crippen LogP) is 0.776. The lowest BCUT2D eigenvalue weighted by molar-refractivity contribution is -0.120. The van der Waals surface area contributed by atoms with Crippen LogP contribution in [0.2, 0.25) is 0 Å². The molecule has 17 heavy (non-hydrogen) atoms. The van der Waals surface area contributed by atoms with Crippen molar-refractivity contribution in [1.82, 2.24) is 9.55 Å². The molecule has 1 aromatic rings. The summed E-state index contributed by atoms with van der Waals surface area (Å²) in [6, 6.07) is -0.335. The molecule has 0 bridgehead atoms. The van der Waals surface area contributed by atoms with Crippen LogP contribution in [-0.2, 0) is 11.2 Å². The molecule has 0 spiro atoms. The Hall–Kier alpha value is -1.65. The maximum absolute atomic E-state index is 12.3. The normalized spacial score (nSPS) is 18.6. The minimum absolute atomic E-state index is 0.0331. The first kappa shape index (κ1) is 11.8. The molecule has 0 aliphatic carbocycles. The van der Waals surface area contributed by atoms with Gasteiger partial charge in [0.05, 0.1) is 12.2 Å². The van der Waals surface area contributed by atoms with E-state index in [1.54, 1.807) is 29.8 Å². The first-order valence-electron chi connectivity index (χ1n) is 5.80. The van der Waals surface area contributed by atoms with Gasteiger partial charge < -0.3 is 4.90 Å². The Morgan fingerprint density at radius 2 is 2.24 bits per heavy atom. The second kappa shape index (κ2) is 4.31. The minimum atomic E-state index is -0.335. The summed E-state index contributed by atoms with van der Waals surface area (Å²) in [5.41, 5.74) is 0.418. The van der Waals surface area contributed by atoms with Crippen LogP contribution in [-0.4, -0.2) is 29.4 Å². The molecular formula is C12H17N3O2. The molecule has 92 valence electrons. The summed E-state index contributed by atoms with van der Waals surface area (Å²) >= 11 is 0. The zero-order valence-corrected chi connectivity index (χ0v) is 10.4. The standard InChI is InChI=1S/C12H17N3O2/c1-8(16)9-5-4-6-11-13-7-10(14(2)3)12(17)15(9)11/h7,9H,4-6H2,1-3H3. The zero-order chi connectivity index (χ0) is 12.6. The van der Waals surface area contributed by atoms with E-state index in [-0.39, 0.29) is 17.4 Å². The van der Waals surface area contributed by atoms with Crippen LogP contribution in [0.5, 0.6) is 0 Å². The number of hydrogen-bond donors (Lipinski definition) is 0. The van der Waals surface area contributed by atoms with Crippen molar-refractivity contribution in [3.8, 4) is 0 Å². The maximum Gasteiger partial charge on any atom is 0.277 e. The van der Waals surface area contributed by atoms with Crippen molar-refractivity contribution in [1.29, 1.82) is 0 Å². The van der Waals surface area contributed by atoms with E-state index in [0.29, 0.717) is 5.69 Å². The largest absolute Gasteiger partial charge is 0.372 e. The lowest BCUT2D eigenvalue weighted by atomic mass is 10.0. The molecule has 0 fully saturated rings. The first-order chi connectivity index (χ1) is 8.02. The van der Waals surface area contributed by atoms with E-state index in [2.05, 4.69) is 4.98 Å². The van der Waals surface area contributed by atoms with E-state index in [9.17, 15) is 9.59 Å². The summed E-state index contributed by atoms with van der Waals surface area (Å²) < 4.78 is 1.57. The molecule has 0 saturated heterocycles. The van der Waals surface area contributed by atoms with Crippen molar-refractivity contribution in [3.05, 3.63) is 22.4 Å². The average Bonchev–Trinajstić information content (AvgIpc) is 2.28. The minimum Gasteiger partial charge on any atom is -0.372 e. The van der Waals surface area contributed by atoms with Crippen molar-refractivity contribution in [2.24, 2.45) is 0 Å². The van der Waals surface area contributed by atoms with E-state index in [1.807, 2.05) is 0 Å². The smallest absolute Gasteiger partial charge is 0.277 e. The Bertz CT molecular complexity index is 505. The van der Waals surface area contributed by atoms with Crippen molar-refractivity contribution in [3.63, 3.8) is 0 Å². The molecule has 2 rings (SSSR count). The number of aryl methyl sites for hydroxylation is 1. The van der Waals surface area contributed by atoms with Crippen LogP contribution in [0.25, 0.3) is 0 Å². The molecule has 0 amide bonds. The molecule has 0 N–H and O–H groups in total. The summed E-state index contributed by atoms with van der Waals surface area (Å²) in [6.45, 7) is 1.54. The number of ketones is 1. The van der Waals surface area contributed by atoms with Crippen LogP contribution < -0.4 is 10.5 Å². The molecule has 5 nitrogen and oxygen atoms in total. The summed E-state index contributed by atoms with van der Waals surface area (Å²) in [6.07, 6.45) is 4.02. The quantitative estimate of drug-likeness (QED) is 0.760. The molecule has 2 heterocycles. The molecule has 1 aliphatic rings. The number of nitrogens with zero attached hydrogens (tertiary/aromatic N) is 3. The number of aromatic nitrogens is 2. The van der Waals surface area contributed by atoms with Gasteiger partial charge in [-0.2, -0.15) is 0 Å². The Kier molecular flexibility index (Phi) is 3.00. The highest BCUT2D eigenvalue weighted by Crippen LogP contribution is 2.23. The van der Waals surface area contributed by atoms with Crippen LogP contribution in [0, 0.1) is 0 Å². The lowest BCUT2D eigenvalue weighted by Gasteiger charge is -2.26. The van der Waals surface area contributed by atoms with E-state index in [0.717, 1.165) is 25.1 Å². The number of fused-ring (bicyclic) bond motifs is 1.